The molecule has 1 N–H and O–H groups in total. The van der Waals surface area contributed by atoms with E-state index in [0.29, 0.717) is 166 Å². The standard InChI is InChI=1S/2C31H37FN6O4.C24H23FN4O3.C2H6S2.CH4S/c2*1-21(39)37(13-12-34(2)3)20-38-31(42)25-7-5-4-6-24(25)28(33-38)19-22-8-11-27(32)26(18-22)30(41)36-16-14-35(15-17-36)29(40)23-9-10-23;25-20-8-5-15(14-21-17-3-1-2-4-18(17)22(30)27-26-21)13-19(20)24(32)29-11-9-28(10-12-29)23(31)16-6-7-16;1-3-4-2;1-2/h2*4-8,11,18,23H,9-10,12-17,19-20H2,1-3H3;1-5,8,13,16H,6-7,9-12,14H2,(H,27,30);1-2H3;2H,1H3. The van der Waals surface area contributed by atoms with Crippen LogP contribution in [-0.4, -0.2) is 278 Å². The molecule has 648 valence electrons. The maximum absolute atomic E-state index is 14.9. The third kappa shape index (κ3) is 23.7. The maximum atomic E-state index is 14.9. The van der Waals surface area contributed by atoms with Gasteiger partial charge in [0.2, 0.25) is 29.5 Å². The Morgan fingerprint density at radius 3 is 0.967 bits per heavy atom. The number of carbonyl (C=O) groups excluding carboxylic acids is 8. The molecule has 0 atom stereocenters. The number of rotatable bonds is 23. The lowest BCUT2D eigenvalue weighted by atomic mass is 10.0. The van der Waals surface area contributed by atoms with Gasteiger partial charge in [0.1, 0.15) is 30.8 Å². The minimum Gasteiger partial charge on any atom is -0.339 e. The summed E-state index contributed by atoms with van der Waals surface area (Å²) < 4.78 is 47.0. The van der Waals surface area contributed by atoms with E-state index < -0.39 is 29.3 Å². The molecule has 0 radical (unpaired) electrons. The molecule has 0 unspecified atom stereocenters. The average Bonchev–Trinajstić information content (AvgIpc) is 1.27. The van der Waals surface area contributed by atoms with E-state index in [1.165, 1.54) is 41.4 Å². The van der Waals surface area contributed by atoms with Gasteiger partial charge in [-0.25, -0.2) is 27.6 Å². The summed E-state index contributed by atoms with van der Waals surface area (Å²) >= 11 is 3.53. The van der Waals surface area contributed by atoms with Crippen molar-refractivity contribution in [3.63, 3.8) is 0 Å². The van der Waals surface area contributed by atoms with Crippen LogP contribution in [0.3, 0.4) is 0 Å². The summed E-state index contributed by atoms with van der Waals surface area (Å²) in [6.45, 7) is 10.1. The van der Waals surface area contributed by atoms with Crippen molar-refractivity contribution >= 4 is 114 Å². The molecule has 122 heavy (non-hydrogen) atoms. The number of thiol groups is 1. The molecule has 6 aliphatic rings. The van der Waals surface area contributed by atoms with Crippen molar-refractivity contribution in [2.45, 2.75) is 85.0 Å². The molecule has 6 heterocycles. The lowest BCUT2D eigenvalue weighted by Gasteiger charge is -2.35. The SMILES string of the molecule is CC(=O)N(CCN(C)C)Cn1nc(Cc2ccc(F)c(C(=O)N3CCN(C(=O)C4CC4)CC3)c2)c2ccccc2c1=O.CC(=O)N(CCN(C)C)Cn1nc(Cc2ccc(F)c(C(=O)N3CCN(C(=O)C4CC4)CC3)c2)c2ccccc2c1=O.CS.CSSC.O=C(c1cc(Cc2n[nH]c(=O)c3ccccc23)ccc1F)N1CCN(C(=O)C2CC2)CC1. The molecule has 15 rings (SSSR count). The van der Waals surface area contributed by atoms with Gasteiger partial charge in [0, 0.05) is 172 Å². The number of aromatic nitrogens is 6. The van der Waals surface area contributed by atoms with Crippen LogP contribution in [0, 0.1) is 35.2 Å². The number of amides is 8. The van der Waals surface area contributed by atoms with Crippen LogP contribution in [0.4, 0.5) is 13.2 Å². The van der Waals surface area contributed by atoms with Gasteiger partial charge >= 0.3 is 0 Å². The highest BCUT2D eigenvalue weighted by Gasteiger charge is 2.39. The van der Waals surface area contributed by atoms with Gasteiger partial charge in [-0.15, -0.1) is 0 Å². The molecule has 3 aliphatic carbocycles. The summed E-state index contributed by atoms with van der Waals surface area (Å²) in [7, 11) is 11.2. The molecule has 0 bridgehead atoms. The molecule has 3 saturated carbocycles. The number of nitrogens with zero attached hydrogens (tertiary/aromatic N) is 15. The first-order valence-electron chi connectivity index (χ1n) is 41.0. The normalized spacial score (nSPS) is 15.2. The number of piperazine rings is 3. The van der Waals surface area contributed by atoms with Crippen LogP contribution in [-0.2, 0) is 56.6 Å². The van der Waals surface area contributed by atoms with Crippen molar-refractivity contribution in [2.24, 2.45) is 17.8 Å². The van der Waals surface area contributed by atoms with E-state index in [0.717, 1.165) is 49.5 Å². The van der Waals surface area contributed by atoms with Gasteiger partial charge in [-0.05, 0) is 157 Å². The summed E-state index contributed by atoms with van der Waals surface area (Å²) in [5, 5.41) is 19.5. The fourth-order valence-corrected chi connectivity index (χ4v) is 14.8. The van der Waals surface area contributed by atoms with E-state index >= 15 is 0 Å². The first kappa shape index (κ1) is 92.0. The van der Waals surface area contributed by atoms with Gasteiger partial charge in [-0.1, -0.05) is 94.4 Å². The zero-order valence-corrected chi connectivity index (χ0v) is 73.1. The Balaban J connectivity index is 0.000000174. The second-order valence-corrected chi connectivity index (χ2v) is 34.2. The molecule has 27 nitrogen and oxygen atoms in total. The van der Waals surface area contributed by atoms with Gasteiger partial charge in [0.15, 0.2) is 0 Å². The van der Waals surface area contributed by atoms with Gasteiger partial charge < -0.3 is 49.0 Å². The summed E-state index contributed by atoms with van der Waals surface area (Å²) in [5.74, 6) is -2.43. The Labute approximate surface area is 720 Å². The Hall–Kier alpha value is -10.7. The number of carbonyl (C=O) groups is 8. The Bertz CT molecular complexity index is 5250. The molecule has 8 amide bonds. The fourth-order valence-electron chi connectivity index (χ4n) is 14.8. The second kappa shape index (κ2) is 42.9. The minimum atomic E-state index is -0.610. The lowest BCUT2D eigenvalue weighted by molar-refractivity contribution is -0.134. The van der Waals surface area contributed by atoms with Crippen molar-refractivity contribution in [1.29, 1.82) is 0 Å². The van der Waals surface area contributed by atoms with Gasteiger partial charge in [0.05, 0.1) is 49.9 Å². The van der Waals surface area contributed by atoms with Crippen LogP contribution >= 0.6 is 34.2 Å². The number of fused-ring (bicyclic) bond motifs is 3. The molecule has 3 aliphatic heterocycles. The van der Waals surface area contributed by atoms with Crippen molar-refractivity contribution in [1.82, 2.24) is 78.8 Å². The van der Waals surface area contributed by atoms with Crippen LogP contribution in [0.15, 0.2) is 142 Å². The molecule has 3 aromatic heterocycles. The van der Waals surface area contributed by atoms with E-state index in [1.54, 1.807) is 140 Å². The lowest BCUT2D eigenvalue weighted by Crippen LogP contribution is -2.51. The molecule has 33 heteroatoms. The topological polar surface area (TPSA) is 284 Å². The summed E-state index contributed by atoms with van der Waals surface area (Å²) in [4.78, 5) is 157. The number of halogens is 3. The minimum absolute atomic E-state index is 0.00220. The predicted octanol–water partition coefficient (Wildman–Crippen LogP) is 8.90. The largest absolute Gasteiger partial charge is 0.339 e. The molecule has 3 saturated heterocycles. The first-order chi connectivity index (χ1) is 58.7. The fraction of sp³-hybridized carbons (Fsp3) is 0.438. The summed E-state index contributed by atoms with van der Waals surface area (Å²) in [6, 6.07) is 34.8. The number of likely N-dealkylation sites (N-methyl/N-ethyl adjacent to an activating group) is 2. The van der Waals surface area contributed by atoms with Crippen molar-refractivity contribution in [2.75, 3.05) is 152 Å². The summed E-state index contributed by atoms with van der Waals surface area (Å²) in [6.07, 6.45) is 12.3. The zero-order valence-electron chi connectivity index (χ0n) is 70.5. The second-order valence-electron chi connectivity index (χ2n) is 31.6. The third-order valence-electron chi connectivity index (χ3n) is 22.3. The van der Waals surface area contributed by atoms with E-state index in [4.69, 9.17) is 0 Å². The van der Waals surface area contributed by atoms with Crippen LogP contribution in [0.2, 0.25) is 0 Å². The van der Waals surface area contributed by atoms with E-state index in [1.807, 2.05) is 74.4 Å². The Morgan fingerprint density at radius 1 is 0.402 bits per heavy atom. The van der Waals surface area contributed by atoms with Gasteiger partial charge in [-0.3, -0.25) is 52.7 Å². The highest BCUT2D eigenvalue weighted by atomic mass is 33.1. The Kier molecular flexibility index (Phi) is 32.3. The van der Waals surface area contributed by atoms with Crippen LogP contribution in [0.1, 0.15) is 117 Å². The first-order valence-corrected chi connectivity index (χ1v) is 44.9. The molecule has 0 spiro atoms. The molecule has 6 fully saturated rings. The van der Waals surface area contributed by atoms with E-state index in [2.05, 4.69) is 45.5 Å². The maximum Gasteiger partial charge on any atom is 0.276 e. The number of aromatic amines is 1. The van der Waals surface area contributed by atoms with Gasteiger partial charge in [0.25, 0.3) is 34.4 Å². The van der Waals surface area contributed by atoms with Crippen molar-refractivity contribution in [3.05, 3.63) is 226 Å². The quantitative estimate of drug-likeness (QED) is 0.0446. The molecule has 6 aromatic carbocycles. The van der Waals surface area contributed by atoms with Crippen molar-refractivity contribution in [3.8, 4) is 0 Å². The third-order valence-corrected chi connectivity index (χ3v) is 23.6. The smallest absolute Gasteiger partial charge is 0.276 e. The highest BCUT2D eigenvalue weighted by Crippen LogP contribution is 2.34. The number of hydrogen-bond donors (Lipinski definition) is 2. The zero-order chi connectivity index (χ0) is 87.6. The molecular formula is C89H107F3N16O11S3. The predicted molar refractivity (Wildman–Crippen MR) is 471 cm³/mol. The summed E-state index contributed by atoms with van der Waals surface area (Å²) in [5.41, 5.74) is 2.95. The number of hydrogen-bond acceptors (Lipinski definition) is 19. The number of benzene rings is 6. The van der Waals surface area contributed by atoms with Crippen LogP contribution in [0.25, 0.3) is 32.3 Å². The van der Waals surface area contributed by atoms with E-state index in [9.17, 15) is 65.9 Å². The number of H-pyrrole nitrogens is 1. The van der Waals surface area contributed by atoms with Crippen LogP contribution in [0.5, 0.6) is 0 Å². The average molecular weight is 1730 g/mol. The van der Waals surface area contributed by atoms with Crippen molar-refractivity contribution < 1.29 is 51.5 Å². The van der Waals surface area contributed by atoms with Crippen LogP contribution < -0.4 is 16.7 Å². The highest BCUT2D eigenvalue weighted by molar-refractivity contribution is 8.76. The van der Waals surface area contributed by atoms with E-state index in [-0.39, 0.29) is 113 Å². The Morgan fingerprint density at radius 2 is 0.680 bits per heavy atom. The number of nitrogens with one attached hydrogen (secondary N) is 1. The molecular weight excluding hydrogens is 1620 g/mol. The monoisotopic (exact) mass is 1730 g/mol. The molecule has 9 aromatic rings. The van der Waals surface area contributed by atoms with Gasteiger partial charge in [-0.2, -0.15) is 27.9 Å².